The van der Waals surface area contributed by atoms with Gasteiger partial charge in [-0.25, -0.2) is 4.98 Å². The molecule has 0 bridgehead atoms. The molecule has 0 saturated heterocycles. The highest BCUT2D eigenvalue weighted by atomic mass is 32.2. The molecule has 2 aromatic rings. The molecule has 0 saturated carbocycles. The summed E-state index contributed by atoms with van der Waals surface area (Å²) in [6.07, 6.45) is 13.7. The zero-order valence-corrected chi connectivity index (χ0v) is 18.5. The molecule has 0 amide bonds. The van der Waals surface area contributed by atoms with E-state index in [2.05, 4.69) is 51.0 Å². The largest absolute Gasteiger partial charge is 0.398 e. The lowest BCUT2D eigenvalue weighted by Gasteiger charge is -2.15. The van der Waals surface area contributed by atoms with Crippen molar-refractivity contribution in [3.63, 3.8) is 0 Å². The van der Waals surface area contributed by atoms with E-state index < -0.39 is 0 Å². The summed E-state index contributed by atoms with van der Waals surface area (Å²) in [7, 11) is 0. The number of aliphatic hydroxyl groups is 1. The van der Waals surface area contributed by atoms with E-state index >= 15 is 0 Å². The summed E-state index contributed by atoms with van der Waals surface area (Å²) in [5, 5.41) is 23.3. The molecule has 0 radical (unpaired) electrons. The minimum Gasteiger partial charge on any atom is -0.398 e. The van der Waals surface area contributed by atoms with Crippen LogP contribution in [0.4, 0.5) is 23.1 Å². The van der Waals surface area contributed by atoms with Gasteiger partial charge in [-0.3, -0.25) is 0 Å². The Hall–Kier alpha value is -3.10. The molecule has 8 heteroatoms. The van der Waals surface area contributed by atoms with Crippen LogP contribution in [0.3, 0.4) is 0 Å². The van der Waals surface area contributed by atoms with E-state index in [-0.39, 0.29) is 6.61 Å². The average Bonchev–Trinajstić information content (AvgIpc) is 3.24. The third kappa shape index (κ3) is 5.34. The Balaban J connectivity index is 0.00000132. The zero-order valence-electron chi connectivity index (χ0n) is 17.7. The van der Waals surface area contributed by atoms with Gasteiger partial charge in [-0.15, -0.1) is 11.8 Å². The monoisotopic (exact) mass is 436 g/mol. The lowest BCUT2D eigenvalue weighted by atomic mass is 9.98. The maximum Gasteiger partial charge on any atom is 0.224 e. The Bertz CT molecular complexity index is 1020. The SMILES string of the molecule is CC.N=Cc1cc(Nc2ccnc(NCCO)n2)cc(C2=CC3C=CC=CC3S2)c1N. The first-order valence-corrected chi connectivity index (χ1v) is 11.2. The maximum atomic E-state index is 8.94. The van der Waals surface area contributed by atoms with Gasteiger partial charge in [0, 0.05) is 57.5 Å². The molecular weight excluding hydrogens is 408 g/mol. The summed E-state index contributed by atoms with van der Waals surface area (Å²) >= 11 is 1.79. The minimum absolute atomic E-state index is 0.00414. The number of hydrogen-bond acceptors (Lipinski definition) is 8. The van der Waals surface area contributed by atoms with E-state index in [4.69, 9.17) is 16.2 Å². The molecule has 2 unspecified atom stereocenters. The van der Waals surface area contributed by atoms with Gasteiger partial charge in [-0.05, 0) is 18.2 Å². The third-order valence-electron chi connectivity index (χ3n) is 4.69. The van der Waals surface area contributed by atoms with Gasteiger partial charge < -0.3 is 26.9 Å². The van der Waals surface area contributed by atoms with Crippen molar-refractivity contribution in [2.24, 2.45) is 5.92 Å². The second kappa shape index (κ2) is 10.8. The number of nitrogens with two attached hydrogens (primary N) is 1. The summed E-state index contributed by atoms with van der Waals surface area (Å²) in [6, 6.07) is 5.59. The minimum atomic E-state index is 0.00414. The second-order valence-electron chi connectivity index (χ2n) is 6.67. The van der Waals surface area contributed by atoms with Crippen LogP contribution in [-0.4, -0.2) is 39.7 Å². The molecule has 0 spiro atoms. The third-order valence-corrected chi connectivity index (χ3v) is 6.04. The number of benzene rings is 1. The molecule has 0 fully saturated rings. The Morgan fingerprint density at radius 3 is 2.81 bits per heavy atom. The second-order valence-corrected chi connectivity index (χ2v) is 7.89. The Morgan fingerprint density at radius 2 is 2.06 bits per heavy atom. The first-order chi connectivity index (χ1) is 15.2. The van der Waals surface area contributed by atoms with Crippen LogP contribution in [0.15, 0.2) is 54.8 Å². The van der Waals surface area contributed by atoms with Gasteiger partial charge in [0.25, 0.3) is 0 Å². The summed E-state index contributed by atoms with van der Waals surface area (Å²) in [5.41, 5.74) is 9.34. The van der Waals surface area contributed by atoms with E-state index in [1.54, 1.807) is 24.0 Å². The molecule has 1 aromatic heterocycles. The number of hydrogen-bond donors (Lipinski definition) is 5. The van der Waals surface area contributed by atoms with Crippen molar-refractivity contribution in [3.05, 3.63) is 65.9 Å². The molecule has 1 aromatic carbocycles. The van der Waals surface area contributed by atoms with Crippen molar-refractivity contribution in [1.29, 1.82) is 5.41 Å². The van der Waals surface area contributed by atoms with Crippen molar-refractivity contribution < 1.29 is 5.11 Å². The standard InChI is InChI=1S/C21H22N6OS.C2H6/c22-12-14-9-15(26-19-5-6-24-21(27-19)25-7-8-28)11-16(20(14)23)18-10-13-3-1-2-4-17(13)29-18;1-2/h1-6,9-13,17,22,28H,7-8,23H2,(H2,24,25,26,27);1-2H3. The number of thioether (sulfide) groups is 1. The maximum absolute atomic E-state index is 8.94. The van der Waals surface area contributed by atoms with E-state index in [9.17, 15) is 0 Å². The van der Waals surface area contributed by atoms with Crippen LogP contribution in [0.25, 0.3) is 4.91 Å². The lowest BCUT2D eigenvalue weighted by molar-refractivity contribution is 0.311. The van der Waals surface area contributed by atoms with Gasteiger partial charge in [0.15, 0.2) is 0 Å². The highest BCUT2D eigenvalue weighted by Crippen LogP contribution is 2.47. The van der Waals surface area contributed by atoms with Gasteiger partial charge in [0.1, 0.15) is 5.82 Å². The van der Waals surface area contributed by atoms with Crippen molar-refractivity contribution >= 4 is 46.0 Å². The average molecular weight is 437 g/mol. The van der Waals surface area contributed by atoms with Crippen molar-refractivity contribution in [3.8, 4) is 0 Å². The number of rotatable bonds is 7. The number of nitrogens with one attached hydrogen (secondary N) is 3. The Morgan fingerprint density at radius 1 is 1.26 bits per heavy atom. The van der Waals surface area contributed by atoms with Crippen molar-refractivity contribution in [1.82, 2.24) is 9.97 Å². The molecule has 1 aliphatic carbocycles. The molecule has 2 atom stereocenters. The number of nitrogens with zero attached hydrogens (tertiary/aromatic N) is 2. The number of aromatic nitrogens is 2. The fraction of sp³-hybridized carbons (Fsp3) is 0.261. The normalized spacial score (nSPS) is 18.5. The van der Waals surface area contributed by atoms with Crippen LogP contribution >= 0.6 is 11.8 Å². The first kappa shape index (κ1) is 22.6. The van der Waals surface area contributed by atoms with Gasteiger partial charge in [-0.1, -0.05) is 44.2 Å². The van der Waals surface area contributed by atoms with E-state index in [1.165, 1.54) is 6.21 Å². The Labute approximate surface area is 187 Å². The quantitative estimate of drug-likeness (QED) is 0.322. The molecule has 31 heavy (non-hydrogen) atoms. The van der Waals surface area contributed by atoms with Crippen LogP contribution in [-0.2, 0) is 0 Å². The summed E-state index contributed by atoms with van der Waals surface area (Å²) in [6.45, 7) is 4.38. The molecule has 2 aliphatic rings. The van der Waals surface area contributed by atoms with Gasteiger partial charge >= 0.3 is 0 Å². The molecule has 7 nitrogen and oxygen atoms in total. The summed E-state index contributed by atoms with van der Waals surface area (Å²) < 4.78 is 0. The first-order valence-electron chi connectivity index (χ1n) is 10.3. The smallest absolute Gasteiger partial charge is 0.224 e. The van der Waals surface area contributed by atoms with E-state index in [1.807, 2.05) is 26.0 Å². The molecule has 2 heterocycles. The number of anilines is 4. The summed E-state index contributed by atoms with van der Waals surface area (Å²) in [5.74, 6) is 1.41. The van der Waals surface area contributed by atoms with Crippen LogP contribution in [0.5, 0.6) is 0 Å². The predicted octanol–water partition coefficient (Wildman–Crippen LogP) is 4.43. The van der Waals surface area contributed by atoms with Crippen LogP contribution < -0.4 is 16.4 Å². The molecule has 1 aliphatic heterocycles. The highest BCUT2D eigenvalue weighted by molar-refractivity contribution is 8.09. The lowest BCUT2D eigenvalue weighted by Crippen LogP contribution is -2.09. The van der Waals surface area contributed by atoms with Gasteiger partial charge in [0.05, 0.1) is 6.61 Å². The molecule has 6 N–H and O–H groups in total. The number of nitrogen functional groups attached to an aromatic ring is 1. The van der Waals surface area contributed by atoms with Crippen molar-refractivity contribution in [2.75, 3.05) is 29.5 Å². The number of aliphatic hydroxyl groups excluding tert-OH is 1. The van der Waals surface area contributed by atoms with Crippen LogP contribution in [0, 0.1) is 11.3 Å². The molecular formula is C23H28N6OS. The number of allylic oxidation sites excluding steroid dienone is 4. The van der Waals surface area contributed by atoms with E-state index in [0.29, 0.717) is 40.7 Å². The van der Waals surface area contributed by atoms with Crippen molar-refractivity contribution in [2.45, 2.75) is 19.1 Å². The highest BCUT2D eigenvalue weighted by Gasteiger charge is 2.27. The topological polar surface area (TPSA) is 120 Å². The summed E-state index contributed by atoms with van der Waals surface area (Å²) in [4.78, 5) is 9.65. The number of fused-ring (bicyclic) bond motifs is 1. The van der Waals surface area contributed by atoms with Crippen LogP contribution in [0.1, 0.15) is 25.0 Å². The molecule has 4 rings (SSSR count). The fourth-order valence-corrected chi connectivity index (χ4v) is 4.61. The fourth-order valence-electron chi connectivity index (χ4n) is 3.29. The predicted molar refractivity (Wildman–Crippen MR) is 132 cm³/mol. The zero-order chi connectivity index (χ0) is 22.2. The van der Waals surface area contributed by atoms with E-state index in [0.717, 1.165) is 16.2 Å². The Kier molecular flexibility index (Phi) is 7.86. The van der Waals surface area contributed by atoms with Gasteiger partial charge in [-0.2, -0.15) is 4.98 Å². The van der Waals surface area contributed by atoms with Crippen LogP contribution in [0.2, 0.25) is 0 Å². The van der Waals surface area contributed by atoms with Gasteiger partial charge in [0.2, 0.25) is 5.95 Å². The molecule has 162 valence electrons.